The van der Waals surface area contributed by atoms with Gasteiger partial charge < -0.3 is 10.2 Å². The SMILES string of the molecule is CC(=O)N(C)CC(=O)Nc1ccc(C)cc1. The van der Waals surface area contributed by atoms with E-state index in [1.165, 1.54) is 11.8 Å². The molecule has 0 aliphatic heterocycles. The van der Waals surface area contributed by atoms with Gasteiger partial charge in [0.2, 0.25) is 11.8 Å². The summed E-state index contributed by atoms with van der Waals surface area (Å²) in [5.74, 6) is -0.319. The summed E-state index contributed by atoms with van der Waals surface area (Å²) in [4.78, 5) is 23.8. The van der Waals surface area contributed by atoms with Crippen LogP contribution in [0.5, 0.6) is 0 Å². The molecule has 1 rings (SSSR count). The molecule has 0 bridgehead atoms. The zero-order valence-corrected chi connectivity index (χ0v) is 9.78. The molecule has 0 aromatic heterocycles. The van der Waals surface area contributed by atoms with Crippen molar-refractivity contribution in [1.29, 1.82) is 0 Å². The van der Waals surface area contributed by atoms with Crippen LogP contribution in [0.4, 0.5) is 5.69 Å². The first-order chi connectivity index (χ1) is 7.49. The van der Waals surface area contributed by atoms with E-state index in [4.69, 9.17) is 0 Å². The molecule has 0 unspecified atom stereocenters. The van der Waals surface area contributed by atoms with Crippen LogP contribution in [0, 0.1) is 6.92 Å². The normalized spacial score (nSPS) is 9.69. The smallest absolute Gasteiger partial charge is 0.243 e. The Labute approximate surface area is 95.3 Å². The van der Waals surface area contributed by atoms with Gasteiger partial charge in [-0.2, -0.15) is 0 Å². The third-order valence-electron chi connectivity index (χ3n) is 2.25. The number of hydrogen-bond acceptors (Lipinski definition) is 2. The van der Waals surface area contributed by atoms with E-state index in [9.17, 15) is 9.59 Å². The molecule has 1 aromatic rings. The predicted molar refractivity (Wildman–Crippen MR) is 63.1 cm³/mol. The Hall–Kier alpha value is -1.84. The third-order valence-corrected chi connectivity index (χ3v) is 2.25. The van der Waals surface area contributed by atoms with E-state index < -0.39 is 0 Å². The molecule has 4 heteroatoms. The minimum atomic E-state index is -0.193. The van der Waals surface area contributed by atoms with E-state index in [1.54, 1.807) is 7.05 Å². The largest absolute Gasteiger partial charge is 0.337 e. The first kappa shape index (κ1) is 12.2. The highest BCUT2D eigenvalue weighted by Gasteiger charge is 2.08. The van der Waals surface area contributed by atoms with Gasteiger partial charge in [0, 0.05) is 19.7 Å². The average Bonchev–Trinajstić information content (AvgIpc) is 2.21. The van der Waals surface area contributed by atoms with Crippen LogP contribution in [0.15, 0.2) is 24.3 Å². The fourth-order valence-electron chi connectivity index (χ4n) is 1.16. The maximum Gasteiger partial charge on any atom is 0.243 e. The van der Waals surface area contributed by atoms with E-state index in [0.29, 0.717) is 0 Å². The van der Waals surface area contributed by atoms with Crippen LogP contribution in [0.2, 0.25) is 0 Å². The van der Waals surface area contributed by atoms with Crippen molar-refractivity contribution < 1.29 is 9.59 Å². The summed E-state index contributed by atoms with van der Waals surface area (Å²) in [5.41, 5.74) is 1.88. The second kappa shape index (κ2) is 5.30. The van der Waals surface area contributed by atoms with Crippen molar-refractivity contribution in [2.24, 2.45) is 0 Å². The summed E-state index contributed by atoms with van der Waals surface area (Å²) >= 11 is 0. The molecule has 0 heterocycles. The molecule has 1 aromatic carbocycles. The Kier molecular flexibility index (Phi) is 4.05. The van der Waals surface area contributed by atoms with E-state index >= 15 is 0 Å². The Morgan fingerprint density at radius 1 is 1.25 bits per heavy atom. The maximum absolute atomic E-state index is 11.5. The zero-order valence-electron chi connectivity index (χ0n) is 9.78. The van der Waals surface area contributed by atoms with Gasteiger partial charge in [-0.15, -0.1) is 0 Å². The van der Waals surface area contributed by atoms with Gasteiger partial charge in [-0.25, -0.2) is 0 Å². The topological polar surface area (TPSA) is 49.4 Å². The van der Waals surface area contributed by atoms with Crippen molar-refractivity contribution in [3.8, 4) is 0 Å². The number of aryl methyl sites for hydroxylation is 1. The molecular weight excluding hydrogens is 204 g/mol. The molecular formula is C12H16N2O2. The van der Waals surface area contributed by atoms with Gasteiger partial charge in [-0.3, -0.25) is 9.59 Å². The molecule has 1 N–H and O–H groups in total. The molecule has 2 amide bonds. The van der Waals surface area contributed by atoms with E-state index in [1.807, 2.05) is 31.2 Å². The van der Waals surface area contributed by atoms with E-state index in [0.717, 1.165) is 11.3 Å². The second-order valence-electron chi connectivity index (χ2n) is 3.79. The number of nitrogens with zero attached hydrogens (tertiary/aromatic N) is 1. The number of benzene rings is 1. The molecule has 0 radical (unpaired) electrons. The molecule has 16 heavy (non-hydrogen) atoms. The standard InChI is InChI=1S/C12H16N2O2/c1-9-4-6-11(7-5-9)13-12(16)8-14(3)10(2)15/h4-7H,8H2,1-3H3,(H,13,16). The van der Waals surface area contributed by atoms with Gasteiger partial charge >= 0.3 is 0 Å². The van der Waals surface area contributed by atoms with E-state index in [-0.39, 0.29) is 18.4 Å². The highest BCUT2D eigenvalue weighted by atomic mass is 16.2. The average molecular weight is 220 g/mol. The van der Waals surface area contributed by atoms with Crippen LogP contribution in [-0.2, 0) is 9.59 Å². The number of carbonyl (C=O) groups excluding carboxylic acids is 2. The minimum Gasteiger partial charge on any atom is -0.337 e. The number of amides is 2. The minimum absolute atomic E-state index is 0.0726. The number of anilines is 1. The predicted octanol–water partition coefficient (Wildman–Crippen LogP) is 1.41. The summed E-state index contributed by atoms with van der Waals surface area (Å²) in [5, 5.41) is 2.72. The lowest BCUT2D eigenvalue weighted by Crippen LogP contribution is -2.33. The quantitative estimate of drug-likeness (QED) is 0.837. The maximum atomic E-state index is 11.5. The fourth-order valence-corrected chi connectivity index (χ4v) is 1.16. The van der Waals surface area contributed by atoms with Crippen LogP contribution in [-0.4, -0.2) is 30.3 Å². The first-order valence-electron chi connectivity index (χ1n) is 5.07. The molecule has 4 nitrogen and oxygen atoms in total. The second-order valence-corrected chi connectivity index (χ2v) is 3.79. The van der Waals surface area contributed by atoms with Crippen molar-refractivity contribution in [3.63, 3.8) is 0 Å². The summed E-state index contributed by atoms with van der Waals surface area (Å²) in [6.07, 6.45) is 0. The number of rotatable bonds is 3. The molecule has 0 aliphatic rings. The summed E-state index contributed by atoms with van der Waals surface area (Å²) in [6, 6.07) is 7.51. The highest BCUT2D eigenvalue weighted by Crippen LogP contribution is 2.08. The van der Waals surface area contributed by atoms with Gasteiger partial charge in [0.25, 0.3) is 0 Å². The van der Waals surface area contributed by atoms with Crippen molar-refractivity contribution in [3.05, 3.63) is 29.8 Å². The molecule has 86 valence electrons. The third kappa shape index (κ3) is 3.73. The summed E-state index contributed by atoms with van der Waals surface area (Å²) in [6.45, 7) is 3.48. The number of hydrogen-bond donors (Lipinski definition) is 1. The van der Waals surface area contributed by atoms with Crippen LogP contribution in [0.1, 0.15) is 12.5 Å². The number of carbonyl (C=O) groups is 2. The van der Waals surface area contributed by atoms with Crippen LogP contribution < -0.4 is 5.32 Å². The lowest BCUT2D eigenvalue weighted by Gasteiger charge is -2.14. The molecule has 0 saturated carbocycles. The zero-order chi connectivity index (χ0) is 12.1. The monoisotopic (exact) mass is 220 g/mol. The molecule has 0 aliphatic carbocycles. The fraction of sp³-hybridized carbons (Fsp3) is 0.333. The Bertz CT molecular complexity index is 385. The van der Waals surface area contributed by atoms with Gasteiger partial charge in [-0.1, -0.05) is 17.7 Å². The van der Waals surface area contributed by atoms with E-state index in [2.05, 4.69) is 5.32 Å². The Morgan fingerprint density at radius 2 is 1.81 bits per heavy atom. The Morgan fingerprint density at radius 3 is 2.31 bits per heavy atom. The van der Waals surface area contributed by atoms with Crippen LogP contribution in [0.3, 0.4) is 0 Å². The van der Waals surface area contributed by atoms with Crippen molar-refractivity contribution >= 4 is 17.5 Å². The van der Waals surface area contributed by atoms with Crippen molar-refractivity contribution in [2.75, 3.05) is 18.9 Å². The molecule has 0 fully saturated rings. The van der Waals surface area contributed by atoms with Gasteiger partial charge in [-0.05, 0) is 19.1 Å². The Balaban J connectivity index is 2.52. The summed E-state index contributed by atoms with van der Waals surface area (Å²) < 4.78 is 0. The highest BCUT2D eigenvalue weighted by molar-refractivity contribution is 5.94. The van der Waals surface area contributed by atoms with Gasteiger partial charge in [0.05, 0.1) is 6.54 Å². The van der Waals surface area contributed by atoms with Gasteiger partial charge in [0.1, 0.15) is 0 Å². The van der Waals surface area contributed by atoms with Crippen LogP contribution >= 0.6 is 0 Å². The first-order valence-corrected chi connectivity index (χ1v) is 5.07. The van der Waals surface area contributed by atoms with Crippen molar-refractivity contribution in [1.82, 2.24) is 4.90 Å². The lowest BCUT2D eigenvalue weighted by molar-refractivity contribution is -0.131. The number of nitrogens with one attached hydrogen (secondary N) is 1. The van der Waals surface area contributed by atoms with Crippen molar-refractivity contribution in [2.45, 2.75) is 13.8 Å². The summed E-state index contributed by atoms with van der Waals surface area (Å²) in [7, 11) is 1.59. The molecule has 0 spiro atoms. The molecule has 0 saturated heterocycles. The van der Waals surface area contributed by atoms with Crippen LogP contribution in [0.25, 0.3) is 0 Å². The number of likely N-dealkylation sites (N-methyl/N-ethyl adjacent to an activating group) is 1. The molecule has 0 atom stereocenters. The lowest BCUT2D eigenvalue weighted by atomic mass is 10.2. The van der Waals surface area contributed by atoms with Gasteiger partial charge in [0.15, 0.2) is 0 Å².